The zero-order valence-electron chi connectivity index (χ0n) is 9.91. The normalized spacial score (nSPS) is 20.6. The molecule has 15 heavy (non-hydrogen) atoms. The summed E-state index contributed by atoms with van der Waals surface area (Å²) >= 11 is 0. The van der Waals surface area contributed by atoms with Crippen LogP contribution < -0.4 is 5.73 Å². The van der Waals surface area contributed by atoms with Crippen LogP contribution in [0.15, 0.2) is 0 Å². The fourth-order valence-electron chi connectivity index (χ4n) is 2.03. The fraction of sp³-hybridized carbons (Fsp3) is 1.00. The van der Waals surface area contributed by atoms with Gasteiger partial charge in [0.1, 0.15) is 0 Å². The summed E-state index contributed by atoms with van der Waals surface area (Å²) < 4.78 is 5.00. The first-order valence-electron chi connectivity index (χ1n) is 5.69. The van der Waals surface area contributed by atoms with Crippen LogP contribution in [-0.4, -0.2) is 56.0 Å². The summed E-state index contributed by atoms with van der Waals surface area (Å²) in [6, 6.07) is 0. The molecule has 0 amide bonds. The monoisotopic (exact) mass is 216 g/mol. The van der Waals surface area contributed by atoms with Crippen molar-refractivity contribution >= 4 is 0 Å². The van der Waals surface area contributed by atoms with Crippen LogP contribution in [0.25, 0.3) is 0 Å². The van der Waals surface area contributed by atoms with Crippen molar-refractivity contribution in [3.8, 4) is 0 Å². The Morgan fingerprint density at radius 1 is 1.53 bits per heavy atom. The molecule has 90 valence electrons. The van der Waals surface area contributed by atoms with Crippen molar-refractivity contribution in [3.63, 3.8) is 0 Å². The van der Waals surface area contributed by atoms with E-state index in [1.807, 2.05) is 0 Å². The molecule has 0 aromatic rings. The van der Waals surface area contributed by atoms with Gasteiger partial charge < -0.3 is 20.5 Å². The van der Waals surface area contributed by atoms with E-state index >= 15 is 0 Å². The lowest BCUT2D eigenvalue weighted by molar-refractivity contribution is 0.124. The van der Waals surface area contributed by atoms with Crippen LogP contribution in [0.1, 0.15) is 19.3 Å². The Bertz CT molecular complexity index is 185. The first kappa shape index (κ1) is 12.9. The fourth-order valence-corrected chi connectivity index (χ4v) is 2.03. The van der Waals surface area contributed by atoms with E-state index in [0.717, 1.165) is 26.1 Å². The van der Waals surface area contributed by atoms with E-state index in [1.165, 1.54) is 12.8 Å². The van der Waals surface area contributed by atoms with Crippen molar-refractivity contribution < 1.29 is 9.84 Å². The molecule has 1 atom stereocenters. The van der Waals surface area contributed by atoms with Crippen LogP contribution in [0, 0.1) is 5.92 Å². The van der Waals surface area contributed by atoms with Gasteiger partial charge in [0.05, 0.1) is 12.1 Å². The summed E-state index contributed by atoms with van der Waals surface area (Å²) in [4.78, 5) is 2.19. The van der Waals surface area contributed by atoms with E-state index in [9.17, 15) is 5.11 Å². The van der Waals surface area contributed by atoms with Crippen molar-refractivity contribution in [2.24, 2.45) is 11.7 Å². The number of ether oxygens (including phenoxy) is 1. The highest BCUT2D eigenvalue weighted by Crippen LogP contribution is 2.38. The van der Waals surface area contributed by atoms with Gasteiger partial charge in [-0.25, -0.2) is 0 Å². The maximum atomic E-state index is 9.34. The molecule has 1 aliphatic carbocycles. The standard InChI is InChI=1S/C11H24N2O2/c1-13(6-3-7-15-2)8-11(12,9-14)10-4-5-10/h10,14H,3-9,12H2,1-2H3. The largest absolute Gasteiger partial charge is 0.394 e. The molecule has 1 rings (SSSR count). The molecule has 1 saturated carbocycles. The minimum atomic E-state index is -0.387. The third-order valence-electron chi connectivity index (χ3n) is 3.14. The lowest BCUT2D eigenvalue weighted by Gasteiger charge is -2.32. The Morgan fingerprint density at radius 2 is 2.20 bits per heavy atom. The smallest absolute Gasteiger partial charge is 0.0626 e. The van der Waals surface area contributed by atoms with E-state index < -0.39 is 0 Å². The molecular formula is C11H24N2O2. The second kappa shape index (κ2) is 5.80. The van der Waals surface area contributed by atoms with Crippen LogP contribution in [0.2, 0.25) is 0 Å². The lowest BCUT2D eigenvalue weighted by Crippen LogP contribution is -2.54. The molecular weight excluding hydrogens is 192 g/mol. The average molecular weight is 216 g/mol. The van der Waals surface area contributed by atoms with Crippen LogP contribution in [0.5, 0.6) is 0 Å². The highest BCUT2D eigenvalue weighted by molar-refractivity contribution is 4.99. The number of hydrogen-bond acceptors (Lipinski definition) is 4. The van der Waals surface area contributed by atoms with Crippen LogP contribution in [0.4, 0.5) is 0 Å². The van der Waals surface area contributed by atoms with Crippen molar-refractivity contribution in [1.82, 2.24) is 4.90 Å². The van der Waals surface area contributed by atoms with Crippen molar-refractivity contribution in [2.45, 2.75) is 24.8 Å². The van der Waals surface area contributed by atoms with E-state index in [1.54, 1.807) is 7.11 Å². The summed E-state index contributed by atoms with van der Waals surface area (Å²) in [7, 11) is 3.76. The number of aliphatic hydroxyl groups excluding tert-OH is 1. The average Bonchev–Trinajstić information content (AvgIpc) is 3.01. The lowest BCUT2D eigenvalue weighted by atomic mass is 9.95. The SMILES string of the molecule is COCCCN(C)CC(N)(CO)C1CC1. The number of likely N-dealkylation sites (N-methyl/N-ethyl adjacent to an activating group) is 1. The topological polar surface area (TPSA) is 58.7 Å². The third-order valence-corrected chi connectivity index (χ3v) is 3.14. The minimum Gasteiger partial charge on any atom is -0.394 e. The number of aliphatic hydroxyl groups is 1. The summed E-state index contributed by atoms with van der Waals surface area (Å²) in [5, 5.41) is 9.34. The zero-order chi connectivity index (χ0) is 11.3. The molecule has 0 radical (unpaired) electrons. The number of nitrogens with zero attached hydrogens (tertiary/aromatic N) is 1. The van der Waals surface area contributed by atoms with E-state index in [-0.39, 0.29) is 12.1 Å². The summed E-state index contributed by atoms with van der Waals surface area (Å²) in [6.07, 6.45) is 3.35. The summed E-state index contributed by atoms with van der Waals surface area (Å²) in [6.45, 7) is 2.62. The molecule has 1 aliphatic rings. The van der Waals surface area contributed by atoms with Crippen LogP contribution in [-0.2, 0) is 4.74 Å². The molecule has 4 heteroatoms. The summed E-state index contributed by atoms with van der Waals surface area (Å²) in [5.74, 6) is 0.521. The number of hydrogen-bond donors (Lipinski definition) is 2. The highest BCUT2D eigenvalue weighted by atomic mass is 16.5. The second-order valence-corrected chi connectivity index (χ2v) is 4.75. The van der Waals surface area contributed by atoms with Gasteiger partial charge in [-0.3, -0.25) is 0 Å². The minimum absolute atomic E-state index is 0.0896. The molecule has 0 heterocycles. The Kier molecular flexibility index (Phi) is 4.99. The Hall–Kier alpha value is -0.160. The number of methoxy groups -OCH3 is 1. The van der Waals surface area contributed by atoms with Gasteiger partial charge in [-0.05, 0) is 32.2 Å². The molecule has 0 aliphatic heterocycles. The molecule has 0 bridgehead atoms. The van der Waals surface area contributed by atoms with Gasteiger partial charge in [0.2, 0.25) is 0 Å². The van der Waals surface area contributed by atoms with Crippen LogP contribution in [0.3, 0.4) is 0 Å². The van der Waals surface area contributed by atoms with Gasteiger partial charge in [-0.15, -0.1) is 0 Å². The molecule has 0 spiro atoms. The Labute approximate surface area is 92.4 Å². The van der Waals surface area contributed by atoms with Crippen molar-refractivity contribution in [2.75, 3.05) is 40.5 Å². The highest BCUT2D eigenvalue weighted by Gasteiger charge is 2.42. The predicted molar refractivity (Wildman–Crippen MR) is 60.7 cm³/mol. The third kappa shape index (κ3) is 4.07. The Balaban J connectivity index is 2.24. The molecule has 1 fully saturated rings. The van der Waals surface area contributed by atoms with Crippen LogP contribution >= 0.6 is 0 Å². The van der Waals surface area contributed by atoms with Crippen molar-refractivity contribution in [1.29, 1.82) is 0 Å². The zero-order valence-corrected chi connectivity index (χ0v) is 9.91. The summed E-state index contributed by atoms with van der Waals surface area (Å²) in [5.41, 5.74) is 5.80. The van der Waals surface area contributed by atoms with Gasteiger partial charge in [0.25, 0.3) is 0 Å². The van der Waals surface area contributed by atoms with Crippen molar-refractivity contribution in [3.05, 3.63) is 0 Å². The number of rotatable bonds is 8. The quantitative estimate of drug-likeness (QED) is 0.563. The Morgan fingerprint density at radius 3 is 2.67 bits per heavy atom. The molecule has 4 nitrogen and oxygen atoms in total. The van der Waals surface area contributed by atoms with Gasteiger partial charge in [0.15, 0.2) is 0 Å². The van der Waals surface area contributed by atoms with E-state index in [4.69, 9.17) is 10.5 Å². The maximum absolute atomic E-state index is 9.34. The number of nitrogens with two attached hydrogens (primary N) is 1. The van der Waals surface area contributed by atoms with Gasteiger partial charge in [0, 0.05) is 26.8 Å². The molecule has 0 aromatic heterocycles. The van der Waals surface area contributed by atoms with E-state index in [0.29, 0.717) is 5.92 Å². The molecule has 0 saturated heterocycles. The molecule has 0 aromatic carbocycles. The molecule has 1 unspecified atom stereocenters. The predicted octanol–water partition coefficient (Wildman–Crippen LogP) is 0.0545. The van der Waals surface area contributed by atoms with Gasteiger partial charge in [-0.2, -0.15) is 0 Å². The second-order valence-electron chi connectivity index (χ2n) is 4.75. The van der Waals surface area contributed by atoms with Gasteiger partial charge in [-0.1, -0.05) is 0 Å². The van der Waals surface area contributed by atoms with E-state index in [2.05, 4.69) is 11.9 Å². The van der Waals surface area contributed by atoms with Gasteiger partial charge >= 0.3 is 0 Å². The first-order valence-corrected chi connectivity index (χ1v) is 5.69. The molecule has 3 N–H and O–H groups in total. The first-order chi connectivity index (χ1) is 7.12. The maximum Gasteiger partial charge on any atom is 0.0626 e.